The van der Waals surface area contributed by atoms with Crippen LogP contribution in [0.2, 0.25) is 0 Å². The summed E-state index contributed by atoms with van der Waals surface area (Å²) in [7, 11) is 0. The van der Waals surface area contributed by atoms with Gasteiger partial charge in [0.15, 0.2) is 5.82 Å². The van der Waals surface area contributed by atoms with Crippen LogP contribution in [0.3, 0.4) is 0 Å². The molecule has 1 saturated heterocycles. The number of pyridine rings is 1. The van der Waals surface area contributed by atoms with E-state index in [0.29, 0.717) is 5.92 Å². The van der Waals surface area contributed by atoms with E-state index in [1.807, 2.05) is 12.3 Å². The van der Waals surface area contributed by atoms with E-state index in [-0.39, 0.29) is 0 Å². The van der Waals surface area contributed by atoms with Gasteiger partial charge in [-0.15, -0.1) is 0 Å². The molecule has 1 unspecified atom stereocenters. The Kier molecular flexibility index (Phi) is 4.57. The third-order valence-corrected chi connectivity index (χ3v) is 4.70. The van der Waals surface area contributed by atoms with Crippen LogP contribution >= 0.6 is 0 Å². The molecule has 1 atom stereocenters. The standard InChI is InChI=1S/C20H23N5/c1-16-13-24(15-17-5-3-2-4-6-17)11-12-25(14-16)20-19-18(7-8-23-20)21-9-10-22-19/h2-10,16H,11-15H2,1H3. The maximum absolute atomic E-state index is 4.62. The molecule has 3 heterocycles. The normalized spacial score (nSPS) is 19.1. The molecule has 1 aromatic carbocycles. The van der Waals surface area contributed by atoms with Crippen LogP contribution in [0, 0.1) is 5.92 Å². The summed E-state index contributed by atoms with van der Waals surface area (Å²) in [5.74, 6) is 1.53. The first-order valence-electron chi connectivity index (χ1n) is 8.86. The average Bonchev–Trinajstić information content (AvgIpc) is 2.83. The largest absolute Gasteiger partial charge is 0.353 e. The van der Waals surface area contributed by atoms with Crippen molar-refractivity contribution in [3.63, 3.8) is 0 Å². The zero-order chi connectivity index (χ0) is 17.1. The van der Waals surface area contributed by atoms with Gasteiger partial charge in [0, 0.05) is 51.3 Å². The molecular formula is C20H23N5. The highest BCUT2D eigenvalue weighted by atomic mass is 15.3. The summed E-state index contributed by atoms with van der Waals surface area (Å²) < 4.78 is 0. The highest BCUT2D eigenvalue weighted by molar-refractivity contribution is 5.85. The van der Waals surface area contributed by atoms with Crippen molar-refractivity contribution >= 4 is 16.9 Å². The highest BCUT2D eigenvalue weighted by Crippen LogP contribution is 2.23. The Morgan fingerprint density at radius 1 is 0.920 bits per heavy atom. The number of aromatic nitrogens is 3. The number of rotatable bonds is 3. The van der Waals surface area contributed by atoms with Crippen molar-refractivity contribution in [2.75, 3.05) is 31.1 Å². The molecule has 0 aliphatic carbocycles. The summed E-state index contributed by atoms with van der Waals surface area (Å²) in [4.78, 5) is 18.5. The lowest BCUT2D eigenvalue weighted by atomic mass is 10.1. The summed E-state index contributed by atoms with van der Waals surface area (Å²) in [6.45, 7) is 7.39. The van der Waals surface area contributed by atoms with Crippen LogP contribution in [0.4, 0.5) is 5.82 Å². The number of benzene rings is 1. The van der Waals surface area contributed by atoms with Gasteiger partial charge in [-0.2, -0.15) is 0 Å². The molecular weight excluding hydrogens is 310 g/mol. The minimum atomic E-state index is 0.569. The zero-order valence-electron chi connectivity index (χ0n) is 14.5. The van der Waals surface area contributed by atoms with Crippen molar-refractivity contribution in [2.24, 2.45) is 5.92 Å². The molecule has 0 spiro atoms. The molecule has 0 N–H and O–H groups in total. The summed E-state index contributed by atoms with van der Waals surface area (Å²) >= 11 is 0. The van der Waals surface area contributed by atoms with E-state index in [2.05, 4.69) is 62.0 Å². The molecule has 5 nitrogen and oxygen atoms in total. The molecule has 4 rings (SSSR count). The maximum atomic E-state index is 4.62. The first-order valence-corrected chi connectivity index (χ1v) is 8.86. The third kappa shape index (κ3) is 3.61. The molecule has 2 aromatic heterocycles. The molecule has 1 aliphatic rings. The third-order valence-electron chi connectivity index (χ3n) is 4.70. The molecule has 25 heavy (non-hydrogen) atoms. The van der Waals surface area contributed by atoms with Gasteiger partial charge < -0.3 is 4.90 Å². The minimum absolute atomic E-state index is 0.569. The molecule has 1 fully saturated rings. The van der Waals surface area contributed by atoms with Gasteiger partial charge in [0.25, 0.3) is 0 Å². The van der Waals surface area contributed by atoms with E-state index in [0.717, 1.165) is 49.6 Å². The van der Waals surface area contributed by atoms with Crippen LogP contribution in [-0.4, -0.2) is 46.0 Å². The van der Waals surface area contributed by atoms with Crippen molar-refractivity contribution in [3.05, 3.63) is 60.6 Å². The maximum Gasteiger partial charge on any atom is 0.156 e. The SMILES string of the molecule is CC1CN(Cc2ccccc2)CCN(c2nccc3nccnc23)C1. The van der Waals surface area contributed by atoms with Gasteiger partial charge in [0.05, 0.1) is 5.52 Å². The second-order valence-corrected chi connectivity index (χ2v) is 6.83. The molecule has 128 valence electrons. The fourth-order valence-corrected chi connectivity index (χ4v) is 3.61. The first kappa shape index (κ1) is 16.0. The number of hydrogen-bond donors (Lipinski definition) is 0. The van der Waals surface area contributed by atoms with Gasteiger partial charge in [-0.05, 0) is 17.5 Å². The fraction of sp³-hybridized carbons (Fsp3) is 0.350. The predicted octanol–water partition coefficient (Wildman–Crippen LogP) is 2.98. The summed E-state index contributed by atoms with van der Waals surface area (Å²) in [6.07, 6.45) is 5.32. The Labute approximate surface area is 148 Å². The Bertz CT molecular complexity index is 830. The first-order chi connectivity index (χ1) is 12.3. The van der Waals surface area contributed by atoms with E-state index in [1.165, 1.54) is 5.56 Å². The summed E-state index contributed by atoms with van der Waals surface area (Å²) in [5, 5.41) is 0. The van der Waals surface area contributed by atoms with Crippen molar-refractivity contribution < 1.29 is 0 Å². The molecule has 0 radical (unpaired) electrons. The predicted molar refractivity (Wildman–Crippen MR) is 100 cm³/mol. The quantitative estimate of drug-likeness (QED) is 0.737. The van der Waals surface area contributed by atoms with E-state index in [1.54, 1.807) is 12.4 Å². The second-order valence-electron chi connectivity index (χ2n) is 6.83. The molecule has 0 bridgehead atoms. The molecule has 5 heteroatoms. The van der Waals surface area contributed by atoms with Crippen molar-refractivity contribution in [3.8, 4) is 0 Å². The van der Waals surface area contributed by atoms with Crippen molar-refractivity contribution in [1.29, 1.82) is 0 Å². The van der Waals surface area contributed by atoms with Crippen LogP contribution in [0.5, 0.6) is 0 Å². The summed E-state index contributed by atoms with van der Waals surface area (Å²) in [5.41, 5.74) is 3.18. The van der Waals surface area contributed by atoms with Crippen LogP contribution in [0.1, 0.15) is 12.5 Å². The topological polar surface area (TPSA) is 45.2 Å². The zero-order valence-corrected chi connectivity index (χ0v) is 14.5. The lowest BCUT2D eigenvalue weighted by Crippen LogP contribution is -2.31. The van der Waals surface area contributed by atoms with Gasteiger partial charge in [0.1, 0.15) is 5.52 Å². The minimum Gasteiger partial charge on any atom is -0.353 e. The van der Waals surface area contributed by atoms with Crippen LogP contribution in [-0.2, 0) is 6.54 Å². The number of fused-ring (bicyclic) bond motifs is 1. The summed E-state index contributed by atoms with van der Waals surface area (Å²) in [6, 6.07) is 12.6. The number of hydrogen-bond acceptors (Lipinski definition) is 5. The molecule has 0 saturated carbocycles. The van der Waals surface area contributed by atoms with E-state index in [9.17, 15) is 0 Å². The lowest BCUT2D eigenvalue weighted by Gasteiger charge is -2.23. The number of nitrogens with zero attached hydrogens (tertiary/aromatic N) is 5. The second kappa shape index (κ2) is 7.15. The van der Waals surface area contributed by atoms with Crippen molar-refractivity contribution in [1.82, 2.24) is 19.9 Å². The fourth-order valence-electron chi connectivity index (χ4n) is 3.61. The monoisotopic (exact) mass is 333 g/mol. The van der Waals surface area contributed by atoms with Crippen molar-refractivity contribution in [2.45, 2.75) is 13.5 Å². The van der Waals surface area contributed by atoms with Crippen LogP contribution in [0.15, 0.2) is 55.0 Å². The van der Waals surface area contributed by atoms with E-state index < -0.39 is 0 Å². The van der Waals surface area contributed by atoms with Gasteiger partial charge in [0.2, 0.25) is 0 Å². The smallest absolute Gasteiger partial charge is 0.156 e. The lowest BCUT2D eigenvalue weighted by molar-refractivity contribution is 0.257. The Balaban J connectivity index is 1.54. The van der Waals surface area contributed by atoms with E-state index >= 15 is 0 Å². The van der Waals surface area contributed by atoms with Crippen LogP contribution < -0.4 is 4.90 Å². The van der Waals surface area contributed by atoms with Gasteiger partial charge in [-0.3, -0.25) is 9.88 Å². The molecule has 1 aliphatic heterocycles. The van der Waals surface area contributed by atoms with Gasteiger partial charge in [-0.25, -0.2) is 9.97 Å². The molecule has 3 aromatic rings. The van der Waals surface area contributed by atoms with Gasteiger partial charge >= 0.3 is 0 Å². The Morgan fingerprint density at radius 3 is 2.64 bits per heavy atom. The average molecular weight is 333 g/mol. The van der Waals surface area contributed by atoms with Gasteiger partial charge in [-0.1, -0.05) is 37.3 Å². The number of anilines is 1. The Morgan fingerprint density at radius 2 is 1.76 bits per heavy atom. The molecule has 0 amide bonds. The van der Waals surface area contributed by atoms with E-state index in [4.69, 9.17) is 0 Å². The Hall–Kier alpha value is -2.53. The van der Waals surface area contributed by atoms with Crippen LogP contribution in [0.25, 0.3) is 11.0 Å². The highest BCUT2D eigenvalue weighted by Gasteiger charge is 2.22.